The van der Waals surface area contributed by atoms with Crippen LogP contribution >= 0.6 is 23.1 Å². The second-order valence-electron chi connectivity index (χ2n) is 6.63. The number of nitrogens with one attached hydrogen (secondary N) is 2. The van der Waals surface area contributed by atoms with Crippen molar-refractivity contribution in [2.24, 2.45) is 0 Å². The Morgan fingerprint density at radius 2 is 2.04 bits per heavy atom. The van der Waals surface area contributed by atoms with Crippen LogP contribution in [0.2, 0.25) is 0 Å². The van der Waals surface area contributed by atoms with Crippen LogP contribution in [0.25, 0.3) is 0 Å². The lowest BCUT2D eigenvalue weighted by Gasteiger charge is -2.22. The number of amides is 1. The molecule has 144 valence electrons. The molecule has 2 heterocycles. The molecule has 1 atom stereocenters. The van der Waals surface area contributed by atoms with Crippen LogP contribution in [0.5, 0.6) is 0 Å². The number of fused-ring (bicyclic) bond motifs is 1. The molecule has 0 fully saturated rings. The van der Waals surface area contributed by atoms with E-state index in [2.05, 4.69) is 12.2 Å². The average molecular weight is 406 g/mol. The van der Waals surface area contributed by atoms with Gasteiger partial charge in [0.1, 0.15) is 11.5 Å². The normalized spacial score (nSPS) is 15.9. The molecule has 0 saturated heterocycles. The third-order valence-corrected chi connectivity index (χ3v) is 6.92. The van der Waals surface area contributed by atoms with E-state index in [0.717, 1.165) is 36.5 Å². The molecular formula is C20H25N2O3S2+. The number of anilines is 1. The van der Waals surface area contributed by atoms with Gasteiger partial charge in [0, 0.05) is 11.3 Å². The molecule has 0 saturated carbocycles. The number of hydrogen-bond donors (Lipinski definition) is 2. The Bertz CT molecular complexity index is 830. The molecule has 1 unspecified atom stereocenters. The minimum absolute atomic E-state index is 0.107. The Morgan fingerprint density at radius 1 is 1.30 bits per heavy atom. The summed E-state index contributed by atoms with van der Waals surface area (Å²) in [6, 6.07) is 8.09. The third-order valence-electron chi connectivity index (χ3n) is 4.76. The topological polar surface area (TPSA) is 59.8 Å². The summed E-state index contributed by atoms with van der Waals surface area (Å²) in [5.41, 5.74) is 2.78. The molecule has 7 heteroatoms. The van der Waals surface area contributed by atoms with Crippen molar-refractivity contribution in [3.05, 3.63) is 45.8 Å². The van der Waals surface area contributed by atoms with E-state index in [0.29, 0.717) is 16.3 Å². The van der Waals surface area contributed by atoms with Crippen molar-refractivity contribution in [3.63, 3.8) is 0 Å². The van der Waals surface area contributed by atoms with Gasteiger partial charge in [-0.2, -0.15) is 0 Å². The van der Waals surface area contributed by atoms with Crippen molar-refractivity contribution in [1.82, 2.24) is 0 Å². The molecule has 0 aliphatic carbocycles. The van der Waals surface area contributed by atoms with E-state index in [-0.39, 0.29) is 11.9 Å². The molecule has 2 aromatic rings. The first-order chi connectivity index (χ1) is 13.0. The van der Waals surface area contributed by atoms with Gasteiger partial charge in [-0.25, -0.2) is 4.79 Å². The predicted octanol–water partition coefficient (Wildman–Crippen LogP) is 2.53. The lowest BCUT2D eigenvalue weighted by Crippen LogP contribution is -3.11. The maximum Gasteiger partial charge on any atom is 0.341 e. The highest BCUT2D eigenvalue weighted by Gasteiger charge is 2.30. The summed E-state index contributed by atoms with van der Waals surface area (Å²) in [4.78, 5) is 28.5. The summed E-state index contributed by atoms with van der Waals surface area (Å²) in [6.07, 6.45) is 0.841. The van der Waals surface area contributed by atoms with Gasteiger partial charge in [0.2, 0.25) is 5.91 Å². The summed E-state index contributed by atoms with van der Waals surface area (Å²) < 4.78 is 4.98. The lowest BCUT2D eigenvalue weighted by atomic mass is 10.0. The van der Waals surface area contributed by atoms with Crippen molar-refractivity contribution in [3.8, 4) is 0 Å². The molecule has 0 radical (unpaired) electrons. The Morgan fingerprint density at radius 3 is 2.70 bits per heavy atom. The number of thioether (sulfide) groups is 1. The number of benzene rings is 1. The number of rotatable bonds is 6. The molecule has 2 N–H and O–H groups in total. The molecule has 3 rings (SSSR count). The van der Waals surface area contributed by atoms with Crippen LogP contribution < -0.4 is 10.2 Å². The van der Waals surface area contributed by atoms with Crippen LogP contribution in [0.15, 0.2) is 29.2 Å². The van der Waals surface area contributed by atoms with Crippen molar-refractivity contribution >= 4 is 40.0 Å². The highest BCUT2D eigenvalue weighted by atomic mass is 32.2. The van der Waals surface area contributed by atoms with Gasteiger partial charge >= 0.3 is 5.97 Å². The monoisotopic (exact) mass is 405 g/mol. The number of ether oxygens (including phenoxy) is 1. The second-order valence-corrected chi connectivity index (χ2v) is 8.78. The van der Waals surface area contributed by atoms with E-state index in [9.17, 15) is 9.59 Å². The maximum absolute atomic E-state index is 12.5. The van der Waals surface area contributed by atoms with E-state index in [1.807, 2.05) is 31.2 Å². The van der Waals surface area contributed by atoms with Crippen LogP contribution in [0.1, 0.15) is 33.3 Å². The summed E-state index contributed by atoms with van der Waals surface area (Å²) in [5.74, 6) is -0.170. The van der Waals surface area contributed by atoms with E-state index in [1.165, 1.54) is 45.5 Å². The molecular weight excluding hydrogens is 380 g/mol. The van der Waals surface area contributed by atoms with Gasteiger partial charge in [-0.15, -0.1) is 23.1 Å². The van der Waals surface area contributed by atoms with Crippen LogP contribution in [-0.2, 0) is 22.5 Å². The fraction of sp³-hybridized carbons (Fsp3) is 0.400. The predicted molar refractivity (Wildman–Crippen MR) is 110 cm³/mol. The number of carbonyl (C=O) groups excluding carboxylic acids is 2. The molecule has 1 aromatic heterocycles. The van der Waals surface area contributed by atoms with Crippen molar-refractivity contribution in [2.45, 2.75) is 31.7 Å². The molecule has 5 nitrogen and oxygen atoms in total. The van der Waals surface area contributed by atoms with E-state index >= 15 is 0 Å². The van der Waals surface area contributed by atoms with Gasteiger partial charge in [0.25, 0.3) is 0 Å². The van der Waals surface area contributed by atoms with Crippen LogP contribution in [0.3, 0.4) is 0 Å². The standard InChI is InChI=1S/C20H24N2O3S2/c1-4-22-10-9-15-16(11-22)27-19(18(15)20(24)25-3)21-17(23)12-26-14-7-5-13(2)6-8-14/h5-8H,4,9-12H2,1-3H3,(H,21,23)/p+1. The number of methoxy groups -OCH3 is 1. The van der Waals surface area contributed by atoms with E-state index in [1.54, 1.807) is 0 Å². The van der Waals surface area contributed by atoms with Gasteiger partial charge in [0.05, 0.1) is 36.4 Å². The van der Waals surface area contributed by atoms with Crippen LogP contribution in [-0.4, -0.2) is 37.8 Å². The number of hydrogen-bond acceptors (Lipinski definition) is 5. The Labute approximate surface area is 168 Å². The molecule has 27 heavy (non-hydrogen) atoms. The molecule has 1 amide bonds. The Kier molecular flexibility index (Phi) is 6.57. The number of thiophene rings is 1. The SMILES string of the molecule is CC[NH+]1CCc2c(sc(NC(=O)CSc3ccc(C)cc3)c2C(=O)OC)C1. The lowest BCUT2D eigenvalue weighted by molar-refractivity contribution is -0.913. The van der Waals surface area contributed by atoms with E-state index in [4.69, 9.17) is 4.74 Å². The van der Waals surface area contributed by atoms with Gasteiger partial charge in [-0.05, 0) is 31.5 Å². The van der Waals surface area contributed by atoms with Crippen molar-refractivity contribution < 1.29 is 19.2 Å². The quantitative estimate of drug-likeness (QED) is 0.573. The van der Waals surface area contributed by atoms with Crippen LogP contribution in [0, 0.1) is 6.92 Å². The zero-order valence-electron chi connectivity index (χ0n) is 15.9. The molecule has 0 spiro atoms. The Hall–Kier alpha value is -1.83. The highest BCUT2D eigenvalue weighted by Crippen LogP contribution is 2.35. The summed E-state index contributed by atoms with van der Waals surface area (Å²) in [6.45, 7) is 7.16. The number of carbonyl (C=O) groups is 2. The number of aryl methyl sites for hydroxylation is 1. The summed E-state index contributed by atoms with van der Waals surface area (Å²) >= 11 is 3.00. The smallest absolute Gasteiger partial charge is 0.341 e. The first kappa shape index (κ1) is 19.9. The average Bonchev–Trinajstić information content (AvgIpc) is 3.03. The minimum Gasteiger partial charge on any atom is -0.465 e. The molecule has 1 aliphatic heterocycles. The van der Waals surface area contributed by atoms with Gasteiger partial charge in [0.15, 0.2) is 0 Å². The van der Waals surface area contributed by atoms with Crippen molar-refractivity contribution in [2.75, 3.05) is 31.3 Å². The first-order valence-corrected chi connectivity index (χ1v) is 10.9. The number of quaternary nitrogens is 1. The highest BCUT2D eigenvalue weighted by molar-refractivity contribution is 8.00. The fourth-order valence-electron chi connectivity index (χ4n) is 3.19. The van der Waals surface area contributed by atoms with Crippen LogP contribution in [0.4, 0.5) is 5.00 Å². The van der Waals surface area contributed by atoms with Gasteiger partial charge < -0.3 is 15.0 Å². The molecule has 0 bridgehead atoms. The van der Waals surface area contributed by atoms with Gasteiger partial charge in [-0.3, -0.25) is 4.79 Å². The van der Waals surface area contributed by atoms with Gasteiger partial charge in [-0.1, -0.05) is 17.7 Å². The molecule has 1 aliphatic rings. The number of esters is 1. The largest absolute Gasteiger partial charge is 0.465 e. The first-order valence-electron chi connectivity index (χ1n) is 9.07. The van der Waals surface area contributed by atoms with E-state index < -0.39 is 0 Å². The molecule has 1 aromatic carbocycles. The van der Waals surface area contributed by atoms with Crippen molar-refractivity contribution in [1.29, 1.82) is 0 Å². The fourth-order valence-corrected chi connectivity index (χ4v) is 5.21. The second kappa shape index (κ2) is 8.91. The number of likely N-dealkylation sites (N-methyl/N-ethyl adjacent to an activating group) is 1. The third kappa shape index (κ3) is 4.72. The summed E-state index contributed by atoms with van der Waals surface area (Å²) in [7, 11) is 1.39. The Balaban J connectivity index is 1.73. The summed E-state index contributed by atoms with van der Waals surface area (Å²) in [5, 5.41) is 3.57. The zero-order valence-corrected chi connectivity index (χ0v) is 17.5. The maximum atomic E-state index is 12.5. The minimum atomic E-state index is -0.367. The zero-order chi connectivity index (χ0) is 19.4.